The Labute approximate surface area is 164 Å². The maximum Gasteiger partial charge on any atom is 0.221 e. The van der Waals surface area contributed by atoms with Gasteiger partial charge in [0.25, 0.3) is 0 Å². The van der Waals surface area contributed by atoms with Crippen molar-refractivity contribution in [3.8, 4) is 11.3 Å². The average Bonchev–Trinajstić information content (AvgIpc) is 3.44. The molecule has 8 nitrogen and oxygen atoms in total. The SMILES string of the molecule is CC(c1cc2ccccc2s1)n1nnc2ncc(-c3cnn(CCO)c3)nc21. The molecular weight excluding hydrogens is 374 g/mol. The summed E-state index contributed by atoms with van der Waals surface area (Å²) in [6.07, 6.45) is 5.23. The molecule has 4 heterocycles. The molecular formula is C19H17N7OS. The number of aliphatic hydroxyl groups excluding tert-OH is 1. The van der Waals surface area contributed by atoms with E-state index in [9.17, 15) is 0 Å². The van der Waals surface area contributed by atoms with Gasteiger partial charge in [-0.25, -0.2) is 14.6 Å². The first kappa shape index (κ1) is 17.0. The van der Waals surface area contributed by atoms with Crippen molar-refractivity contribution in [3.05, 3.63) is 53.8 Å². The fraction of sp³-hybridized carbons (Fsp3) is 0.211. The Balaban J connectivity index is 1.55. The molecule has 0 spiro atoms. The molecule has 28 heavy (non-hydrogen) atoms. The first-order valence-corrected chi connectivity index (χ1v) is 9.74. The highest BCUT2D eigenvalue weighted by molar-refractivity contribution is 7.19. The quantitative estimate of drug-likeness (QED) is 0.495. The monoisotopic (exact) mass is 391 g/mol. The number of fused-ring (bicyclic) bond motifs is 2. The molecule has 0 saturated carbocycles. The molecule has 0 fully saturated rings. The minimum absolute atomic E-state index is 0.0101. The number of hydrogen-bond donors (Lipinski definition) is 1. The fourth-order valence-corrected chi connectivity index (χ4v) is 4.28. The van der Waals surface area contributed by atoms with Crippen LogP contribution < -0.4 is 0 Å². The lowest BCUT2D eigenvalue weighted by molar-refractivity contribution is 0.269. The Kier molecular flexibility index (Phi) is 4.10. The normalized spacial score (nSPS) is 12.8. The number of benzene rings is 1. The molecule has 1 atom stereocenters. The van der Waals surface area contributed by atoms with Crippen molar-refractivity contribution in [2.75, 3.05) is 6.61 Å². The van der Waals surface area contributed by atoms with Crippen LogP contribution in [0.4, 0.5) is 0 Å². The molecule has 0 amide bonds. The van der Waals surface area contributed by atoms with Crippen LogP contribution in [0.3, 0.4) is 0 Å². The summed E-state index contributed by atoms with van der Waals surface area (Å²) in [5.41, 5.74) is 2.69. The third-order valence-electron chi connectivity index (χ3n) is 4.67. The van der Waals surface area contributed by atoms with Crippen molar-refractivity contribution in [2.24, 2.45) is 0 Å². The first-order chi connectivity index (χ1) is 13.7. The van der Waals surface area contributed by atoms with Crippen LogP contribution in [0.1, 0.15) is 17.8 Å². The van der Waals surface area contributed by atoms with Gasteiger partial charge in [-0.1, -0.05) is 23.4 Å². The number of rotatable bonds is 5. The van der Waals surface area contributed by atoms with Crippen LogP contribution in [0.25, 0.3) is 32.6 Å². The van der Waals surface area contributed by atoms with Crippen LogP contribution in [0.2, 0.25) is 0 Å². The van der Waals surface area contributed by atoms with Crippen LogP contribution in [-0.2, 0) is 6.54 Å². The average molecular weight is 391 g/mol. The molecule has 9 heteroatoms. The van der Waals surface area contributed by atoms with Gasteiger partial charge in [0.1, 0.15) is 0 Å². The van der Waals surface area contributed by atoms with Gasteiger partial charge in [-0.3, -0.25) is 4.68 Å². The summed E-state index contributed by atoms with van der Waals surface area (Å²) < 4.78 is 4.74. The third kappa shape index (κ3) is 2.85. The van der Waals surface area contributed by atoms with Gasteiger partial charge in [0.2, 0.25) is 5.65 Å². The number of thiophene rings is 1. The third-order valence-corrected chi connectivity index (χ3v) is 5.96. The Bertz CT molecular complexity index is 1240. The molecule has 140 valence electrons. The van der Waals surface area contributed by atoms with Gasteiger partial charge in [0.05, 0.1) is 37.3 Å². The zero-order chi connectivity index (χ0) is 19.1. The highest BCUT2D eigenvalue weighted by atomic mass is 32.1. The summed E-state index contributed by atoms with van der Waals surface area (Å²) in [5.74, 6) is 0. The summed E-state index contributed by atoms with van der Waals surface area (Å²) in [4.78, 5) is 10.3. The zero-order valence-corrected chi connectivity index (χ0v) is 15.9. The molecule has 0 radical (unpaired) electrons. The second-order valence-electron chi connectivity index (χ2n) is 6.51. The number of hydrogen-bond acceptors (Lipinski definition) is 7. The Morgan fingerprint density at radius 2 is 2.11 bits per heavy atom. The Hall–Kier alpha value is -3.17. The zero-order valence-electron chi connectivity index (χ0n) is 15.1. The van der Waals surface area contributed by atoms with Gasteiger partial charge in [0, 0.05) is 21.3 Å². The van der Waals surface area contributed by atoms with Gasteiger partial charge < -0.3 is 5.11 Å². The van der Waals surface area contributed by atoms with Crippen LogP contribution in [0.15, 0.2) is 48.9 Å². The summed E-state index contributed by atoms with van der Waals surface area (Å²) >= 11 is 1.75. The molecule has 5 rings (SSSR count). The van der Waals surface area contributed by atoms with E-state index in [-0.39, 0.29) is 12.6 Å². The van der Waals surface area contributed by atoms with E-state index in [0.717, 1.165) is 5.56 Å². The molecule has 1 aromatic carbocycles. The lowest BCUT2D eigenvalue weighted by atomic mass is 10.2. The molecule has 0 aliphatic heterocycles. The molecule has 0 saturated heterocycles. The topological polar surface area (TPSA) is 94.5 Å². The van der Waals surface area contributed by atoms with Gasteiger partial charge in [-0.2, -0.15) is 5.10 Å². The van der Waals surface area contributed by atoms with E-state index in [1.165, 1.54) is 15.0 Å². The van der Waals surface area contributed by atoms with E-state index in [4.69, 9.17) is 10.1 Å². The fourth-order valence-electron chi connectivity index (χ4n) is 3.18. The highest BCUT2D eigenvalue weighted by Gasteiger charge is 2.18. The summed E-state index contributed by atoms with van der Waals surface area (Å²) in [5, 5.41) is 23.0. The van der Waals surface area contributed by atoms with Crippen molar-refractivity contribution in [3.63, 3.8) is 0 Å². The molecule has 0 aliphatic rings. The predicted molar refractivity (Wildman–Crippen MR) is 107 cm³/mol. The largest absolute Gasteiger partial charge is 0.394 e. The van der Waals surface area contributed by atoms with E-state index in [1.807, 2.05) is 23.0 Å². The van der Waals surface area contributed by atoms with Crippen molar-refractivity contribution >= 4 is 32.7 Å². The minimum Gasteiger partial charge on any atom is -0.394 e. The van der Waals surface area contributed by atoms with E-state index < -0.39 is 0 Å². The van der Waals surface area contributed by atoms with E-state index in [2.05, 4.69) is 45.5 Å². The Morgan fingerprint density at radius 1 is 1.21 bits per heavy atom. The highest BCUT2D eigenvalue weighted by Crippen LogP contribution is 2.32. The predicted octanol–water partition coefficient (Wildman–Crippen LogP) is 2.90. The number of aliphatic hydroxyl groups is 1. The molecule has 5 aromatic rings. The maximum atomic E-state index is 9.06. The standard InChI is InChI=1S/C19H17N7OS/c1-12(17-8-13-4-2-3-5-16(13)28-17)26-19-18(23-24-26)20-10-15(22-19)14-9-21-25(11-14)6-7-27/h2-5,8-12,27H,6-7H2,1H3. The lowest BCUT2D eigenvalue weighted by Gasteiger charge is -2.09. The summed E-state index contributed by atoms with van der Waals surface area (Å²) in [6.45, 7) is 2.57. The van der Waals surface area contributed by atoms with Crippen LogP contribution in [-0.4, -0.2) is 46.5 Å². The van der Waals surface area contributed by atoms with Crippen molar-refractivity contribution < 1.29 is 5.11 Å². The second-order valence-corrected chi connectivity index (χ2v) is 7.63. The van der Waals surface area contributed by atoms with Crippen molar-refractivity contribution in [2.45, 2.75) is 19.5 Å². The smallest absolute Gasteiger partial charge is 0.221 e. The van der Waals surface area contributed by atoms with Gasteiger partial charge in [-0.15, -0.1) is 16.4 Å². The summed E-state index contributed by atoms with van der Waals surface area (Å²) in [7, 11) is 0. The summed E-state index contributed by atoms with van der Waals surface area (Å²) in [6, 6.07) is 10.5. The van der Waals surface area contributed by atoms with E-state index in [1.54, 1.807) is 28.4 Å². The minimum atomic E-state index is -0.0101. The second kappa shape index (κ2) is 6.77. The molecule has 0 bridgehead atoms. The first-order valence-electron chi connectivity index (χ1n) is 8.93. The molecule has 0 aliphatic carbocycles. The van der Waals surface area contributed by atoms with Gasteiger partial charge in [0.15, 0.2) is 5.65 Å². The Morgan fingerprint density at radius 3 is 2.96 bits per heavy atom. The van der Waals surface area contributed by atoms with Crippen LogP contribution in [0, 0.1) is 0 Å². The van der Waals surface area contributed by atoms with E-state index >= 15 is 0 Å². The maximum absolute atomic E-state index is 9.06. The number of aromatic nitrogens is 7. The molecule has 1 N–H and O–H groups in total. The van der Waals surface area contributed by atoms with E-state index in [0.29, 0.717) is 23.5 Å². The number of nitrogens with zero attached hydrogens (tertiary/aromatic N) is 7. The lowest BCUT2D eigenvalue weighted by Crippen LogP contribution is -2.08. The van der Waals surface area contributed by atoms with Gasteiger partial charge in [-0.05, 0) is 24.4 Å². The van der Waals surface area contributed by atoms with Crippen LogP contribution in [0.5, 0.6) is 0 Å². The molecule has 4 aromatic heterocycles. The van der Waals surface area contributed by atoms with Crippen molar-refractivity contribution in [1.82, 2.24) is 34.7 Å². The molecule has 1 unspecified atom stereocenters. The van der Waals surface area contributed by atoms with Crippen LogP contribution >= 0.6 is 11.3 Å². The van der Waals surface area contributed by atoms with Gasteiger partial charge >= 0.3 is 0 Å². The van der Waals surface area contributed by atoms with Crippen molar-refractivity contribution in [1.29, 1.82) is 0 Å².